The Morgan fingerprint density at radius 2 is 2.12 bits per heavy atom. The highest BCUT2D eigenvalue weighted by Gasteiger charge is 2.13. The standard InChI is InChI=1S/C19H30BrN3O2/c1-3-21-19(23-15(2)17-7-4-5-8-18(17)20)22-11-6-12-25-16-9-13-24-14-10-16/h4-5,7-8,15-16H,3,6,9-14H2,1-2H3,(H2,21,22,23). The van der Waals surface area contributed by atoms with E-state index in [1.54, 1.807) is 0 Å². The second-order valence-corrected chi connectivity index (χ2v) is 7.04. The van der Waals surface area contributed by atoms with Gasteiger partial charge in [0.25, 0.3) is 0 Å². The zero-order chi connectivity index (χ0) is 17.9. The van der Waals surface area contributed by atoms with Crippen LogP contribution in [0.5, 0.6) is 0 Å². The summed E-state index contributed by atoms with van der Waals surface area (Å²) in [4.78, 5) is 4.67. The molecule has 1 aromatic rings. The molecule has 25 heavy (non-hydrogen) atoms. The first-order valence-electron chi connectivity index (χ1n) is 9.19. The third-order valence-corrected chi connectivity index (χ3v) is 4.89. The molecule has 1 fully saturated rings. The molecule has 0 saturated carbocycles. The number of benzene rings is 1. The van der Waals surface area contributed by atoms with Gasteiger partial charge in [-0.25, -0.2) is 0 Å². The van der Waals surface area contributed by atoms with Gasteiger partial charge in [-0.3, -0.25) is 4.99 Å². The summed E-state index contributed by atoms with van der Waals surface area (Å²) in [5, 5.41) is 6.78. The van der Waals surface area contributed by atoms with Crippen LogP contribution >= 0.6 is 15.9 Å². The molecule has 0 radical (unpaired) electrons. The Labute approximate surface area is 159 Å². The molecule has 0 bridgehead atoms. The van der Waals surface area contributed by atoms with Gasteiger partial charge in [0, 0.05) is 37.4 Å². The number of nitrogens with zero attached hydrogens (tertiary/aromatic N) is 1. The fourth-order valence-electron chi connectivity index (χ4n) is 2.78. The maximum absolute atomic E-state index is 5.89. The average molecular weight is 412 g/mol. The molecule has 0 amide bonds. The van der Waals surface area contributed by atoms with E-state index in [0.717, 1.165) is 62.6 Å². The zero-order valence-electron chi connectivity index (χ0n) is 15.3. The van der Waals surface area contributed by atoms with E-state index in [9.17, 15) is 0 Å². The molecular weight excluding hydrogens is 382 g/mol. The van der Waals surface area contributed by atoms with Gasteiger partial charge in [0.1, 0.15) is 0 Å². The van der Waals surface area contributed by atoms with Crippen molar-refractivity contribution in [1.82, 2.24) is 10.6 Å². The first-order valence-corrected chi connectivity index (χ1v) is 9.98. The number of aliphatic imine (C=N–C) groups is 1. The van der Waals surface area contributed by atoms with E-state index in [4.69, 9.17) is 9.47 Å². The van der Waals surface area contributed by atoms with Gasteiger partial charge in [0.05, 0.1) is 12.1 Å². The van der Waals surface area contributed by atoms with E-state index < -0.39 is 0 Å². The van der Waals surface area contributed by atoms with Crippen molar-refractivity contribution >= 4 is 21.9 Å². The number of guanidine groups is 1. The predicted molar refractivity (Wildman–Crippen MR) is 106 cm³/mol. The molecule has 1 unspecified atom stereocenters. The molecule has 1 aromatic carbocycles. The van der Waals surface area contributed by atoms with E-state index in [1.807, 2.05) is 6.07 Å². The summed E-state index contributed by atoms with van der Waals surface area (Å²) < 4.78 is 12.3. The molecule has 5 nitrogen and oxygen atoms in total. The SMILES string of the molecule is CCNC(=NCCCOC1CCOCC1)NC(C)c1ccccc1Br. The Morgan fingerprint density at radius 3 is 2.84 bits per heavy atom. The molecule has 0 spiro atoms. The zero-order valence-corrected chi connectivity index (χ0v) is 16.8. The van der Waals surface area contributed by atoms with Crippen molar-refractivity contribution in [2.24, 2.45) is 4.99 Å². The smallest absolute Gasteiger partial charge is 0.191 e. The van der Waals surface area contributed by atoms with Crippen LogP contribution in [0.25, 0.3) is 0 Å². The van der Waals surface area contributed by atoms with Gasteiger partial charge in [-0.15, -0.1) is 0 Å². The summed E-state index contributed by atoms with van der Waals surface area (Å²) in [6.45, 7) is 8.21. The topological polar surface area (TPSA) is 54.9 Å². The molecule has 2 rings (SSSR count). The molecule has 140 valence electrons. The number of rotatable bonds is 8. The summed E-state index contributed by atoms with van der Waals surface area (Å²) in [6.07, 6.45) is 3.31. The third kappa shape index (κ3) is 7.34. The van der Waals surface area contributed by atoms with Gasteiger partial charge >= 0.3 is 0 Å². The lowest BCUT2D eigenvalue weighted by Crippen LogP contribution is -2.39. The molecule has 0 aliphatic carbocycles. The van der Waals surface area contributed by atoms with Crippen LogP contribution < -0.4 is 10.6 Å². The monoisotopic (exact) mass is 411 g/mol. The van der Waals surface area contributed by atoms with Crippen LogP contribution in [0.2, 0.25) is 0 Å². The summed E-state index contributed by atoms with van der Waals surface area (Å²) >= 11 is 3.61. The molecule has 1 atom stereocenters. The number of hydrogen-bond donors (Lipinski definition) is 2. The van der Waals surface area contributed by atoms with Crippen molar-refractivity contribution in [1.29, 1.82) is 0 Å². The van der Waals surface area contributed by atoms with Crippen molar-refractivity contribution < 1.29 is 9.47 Å². The van der Waals surface area contributed by atoms with Crippen LogP contribution in [0, 0.1) is 0 Å². The van der Waals surface area contributed by atoms with Gasteiger partial charge in [0.2, 0.25) is 0 Å². The van der Waals surface area contributed by atoms with Crippen molar-refractivity contribution in [2.45, 2.75) is 45.3 Å². The number of ether oxygens (including phenoxy) is 2. The maximum Gasteiger partial charge on any atom is 0.191 e. The Kier molecular flexibility index (Phi) is 9.29. The minimum Gasteiger partial charge on any atom is -0.381 e. The van der Waals surface area contributed by atoms with Crippen molar-refractivity contribution in [3.05, 3.63) is 34.3 Å². The van der Waals surface area contributed by atoms with Crippen LogP contribution in [-0.2, 0) is 9.47 Å². The number of halogens is 1. The molecule has 1 aliphatic rings. The minimum absolute atomic E-state index is 0.173. The Morgan fingerprint density at radius 1 is 1.36 bits per heavy atom. The van der Waals surface area contributed by atoms with Crippen LogP contribution in [-0.4, -0.2) is 45.0 Å². The minimum atomic E-state index is 0.173. The summed E-state index contributed by atoms with van der Waals surface area (Å²) in [5.74, 6) is 0.844. The molecular formula is C19H30BrN3O2. The van der Waals surface area contributed by atoms with Gasteiger partial charge in [-0.1, -0.05) is 34.1 Å². The number of nitrogens with one attached hydrogen (secondary N) is 2. The fourth-order valence-corrected chi connectivity index (χ4v) is 3.41. The largest absolute Gasteiger partial charge is 0.381 e. The van der Waals surface area contributed by atoms with Crippen LogP contribution in [0.15, 0.2) is 33.7 Å². The Hall–Kier alpha value is -1.11. The quantitative estimate of drug-likeness (QED) is 0.389. The number of hydrogen-bond acceptors (Lipinski definition) is 3. The molecule has 2 N–H and O–H groups in total. The lowest BCUT2D eigenvalue weighted by atomic mass is 10.1. The van der Waals surface area contributed by atoms with E-state index in [2.05, 4.69) is 63.6 Å². The first kappa shape index (κ1) is 20.2. The average Bonchev–Trinajstić information content (AvgIpc) is 2.62. The highest BCUT2D eigenvalue weighted by atomic mass is 79.9. The van der Waals surface area contributed by atoms with Crippen molar-refractivity contribution in [2.75, 3.05) is 32.9 Å². The predicted octanol–water partition coefficient (Wildman–Crippen LogP) is 3.65. The molecule has 1 aliphatic heterocycles. The molecule has 1 heterocycles. The lowest BCUT2D eigenvalue weighted by molar-refractivity contribution is -0.0318. The highest BCUT2D eigenvalue weighted by Crippen LogP contribution is 2.22. The first-order chi connectivity index (χ1) is 12.2. The summed E-state index contributed by atoms with van der Waals surface area (Å²) in [5.41, 5.74) is 1.22. The fraction of sp³-hybridized carbons (Fsp3) is 0.632. The van der Waals surface area contributed by atoms with E-state index in [0.29, 0.717) is 6.10 Å². The van der Waals surface area contributed by atoms with Crippen LogP contribution in [0.4, 0.5) is 0 Å². The molecule has 6 heteroatoms. The van der Waals surface area contributed by atoms with E-state index in [-0.39, 0.29) is 6.04 Å². The summed E-state index contributed by atoms with van der Waals surface area (Å²) in [7, 11) is 0. The van der Waals surface area contributed by atoms with Gasteiger partial charge in [-0.2, -0.15) is 0 Å². The lowest BCUT2D eigenvalue weighted by Gasteiger charge is -2.22. The third-order valence-electron chi connectivity index (χ3n) is 4.16. The highest BCUT2D eigenvalue weighted by molar-refractivity contribution is 9.10. The molecule has 0 aromatic heterocycles. The van der Waals surface area contributed by atoms with Crippen LogP contribution in [0.3, 0.4) is 0 Å². The molecule has 1 saturated heterocycles. The van der Waals surface area contributed by atoms with Gasteiger partial charge in [-0.05, 0) is 44.7 Å². The van der Waals surface area contributed by atoms with Gasteiger partial charge in [0.15, 0.2) is 5.96 Å². The second-order valence-electron chi connectivity index (χ2n) is 6.18. The van der Waals surface area contributed by atoms with Crippen molar-refractivity contribution in [3.8, 4) is 0 Å². The maximum atomic E-state index is 5.89. The second kappa shape index (κ2) is 11.5. The van der Waals surface area contributed by atoms with E-state index in [1.165, 1.54) is 5.56 Å². The van der Waals surface area contributed by atoms with Crippen molar-refractivity contribution in [3.63, 3.8) is 0 Å². The summed E-state index contributed by atoms with van der Waals surface area (Å²) in [6, 6.07) is 8.43. The van der Waals surface area contributed by atoms with E-state index >= 15 is 0 Å². The Balaban J connectivity index is 1.76. The Bertz CT molecular complexity index is 533. The normalized spacial score (nSPS) is 17.3. The van der Waals surface area contributed by atoms with Gasteiger partial charge < -0.3 is 20.1 Å². The van der Waals surface area contributed by atoms with Crippen LogP contribution in [0.1, 0.15) is 44.7 Å².